The van der Waals surface area contributed by atoms with E-state index in [0.29, 0.717) is 41.9 Å². The number of nitrogens with zero attached hydrogens (tertiary/aromatic N) is 5. The minimum absolute atomic E-state index is 0.0213. The van der Waals surface area contributed by atoms with Gasteiger partial charge in [-0.3, -0.25) is 14.0 Å². The summed E-state index contributed by atoms with van der Waals surface area (Å²) in [4.78, 5) is 17.7. The topological polar surface area (TPSA) is 105 Å². The molecule has 1 amide bonds. The molecule has 0 bridgehead atoms. The Hall–Kier alpha value is -3.90. The van der Waals surface area contributed by atoms with Gasteiger partial charge in [0, 0.05) is 62.3 Å². The Labute approximate surface area is 276 Å². The quantitative estimate of drug-likeness (QED) is 0.367. The summed E-state index contributed by atoms with van der Waals surface area (Å²) < 4.78 is 56.4. The normalized spacial score (nSPS) is 22.8. The second kappa shape index (κ2) is 14.5. The number of piperidine rings is 1. The number of nitrogens with one attached hydrogen (secondary N) is 1. The van der Waals surface area contributed by atoms with Crippen molar-refractivity contribution in [1.82, 2.24) is 9.80 Å². The minimum atomic E-state index is -2.63. The molecule has 250 valence electrons. The smallest absolute Gasteiger partial charge is 0.265 e. The third kappa shape index (κ3) is 7.49. The predicted octanol–water partition coefficient (Wildman–Crippen LogP) is 4.65. The van der Waals surface area contributed by atoms with Gasteiger partial charge in [-0.1, -0.05) is 0 Å². The molecule has 4 heterocycles. The van der Waals surface area contributed by atoms with E-state index in [9.17, 15) is 28.3 Å². The van der Waals surface area contributed by atoms with Crippen molar-refractivity contribution in [2.75, 3.05) is 67.0 Å². The van der Waals surface area contributed by atoms with Crippen LogP contribution in [0.3, 0.4) is 0 Å². The van der Waals surface area contributed by atoms with Gasteiger partial charge in [0.15, 0.2) is 6.17 Å². The molecule has 0 saturated carbocycles. The molecule has 6 rings (SSSR count). The standard InChI is InChI=1S/C33H37F3N6O4S/c1-21(43)33(44)41-8-6-31(28(34)18-41)46-30-5-3-25(14-22(30)16-37)42-17-24(7-13-47-42)38-23-2-4-29(27(15-23)32(35)36)40-11-9-39(10-12-40)26-19-45-20-26/h2-5,7,13-15,17,21,26,28,31-32,38,43H,6,8-12,18-20H2,1H3/t21?,28-,31+/m1/s1. The number of carbonyl (C=O) groups excluding carboxylic acids is 1. The molecule has 0 aromatic heterocycles. The van der Waals surface area contributed by atoms with Crippen LogP contribution in [0.25, 0.3) is 0 Å². The molecule has 1 unspecified atom stereocenters. The van der Waals surface area contributed by atoms with Crippen LogP contribution in [0.5, 0.6) is 5.75 Å². The summed E-state index contributed by atoms with van der Waals surface area (Å²) >= 11 is 1.36. The first kappa shape index (κ1) is 33.0. The zero-order chi connectivity index (χ0) is 33.1. The van der Waals surface area contributed by atoms with E-state index in [1.54, 1.807) is 36.5 Å². The van der Waals surface area contributed by atoms with Crippen LogP contribution in [0, 0.1) is 11.3 Å². The number of ether oxygens (including phenoxy) is 2. The summed E-state index contributed by atoms with van der Waals surface area (Å²) in [6, 6.07) is 12.6. The van der Waals surface area contributed by atoms with Gasteiger partial charge in [0.25, 0.3) is 12.3 Å². The molecule has 2 aromatic rings. The van der Waals surface area contributed by atoms with Gasteiger partial charge in [0.05, 0.1) is 42.7 Å². The molecule has 47 heavy (non-hydrogen) atoms. The molecule has 4 aliphatic rings. The molecule has 4 aliphatic heterocycles. The van der Waals surface area contributed by atoms with Crippen molar-refractivity contribution in [3.05, 3.63) is 70.9 Å². The van der Waals surface area contributed by atoms with Gasteiger partial charge in [0.2, 0.25) is 0 Å². The van der Waals surface area contributed by atoms with E-state index in [0.717, 1.165) is 26.3 Å². The molecule has 0 aliphatic carbocycles. The van der Waals surface area contributed by atoms with Gasteiger partial charge >= 0.3 is 0 Å². The average molecular weight is 671 g/mol. The van der Waals surface area contributed by atoms with E-state index < -0.39 is 30.7 Å². The third-order valence-electron chi connectivity index (χ3n) is 8.79. The number of alkyl halides is 3. The van der Waals surface area contributed by atoms with Crippen molar-refractivity contribution in [2.45, 2.75) is 44.2 Å². The Bertz CT molecular complexity index is 1560. The monoisotopic (exact) mass is 670 g/mol. The largest absolute Gasteiger partial charge is 0.486 e. The van der Waals surface area contributed by atoms with E-state index in [1.807, 2.05) is 20.7 Å². The maximum Gasteiger partial charge on any atom is 0.265 e. The Kier molecular flexibility index (Phi) is 10.2. The number of aliphatic hydroxyl groups is 1. The van der Waals surface area contributed by atoms with Gasteiger partial charge < -0.3 is 29.7 Å². The summed E-state index contributed by atoms with van der Waals surface area (Å²) in [5.41, 5.74) is 2.59. The third-order valence-corrected chi connectivity index (χ3v) is 9.59. The Balaban J connectivity index is 1.11. The highest BCUT2D eigenvalue weighted by Crippen LogP contribution is 2.36. The lowest BCUT2D eigenvalue weighted by molar-refractivity contribution is -0.143. The van der Waals surface area contributed by atoms with Crippen LogP contribution in [-0.2, 0) is 9.53 Å². The Morgan fingerprint density at radius 2 is 1.94 bits per heavy atom. The van der Waals surface area contributed by atoms with Crippen LogP contribution in [0.4, 0.5) is 30.2 Å². The Morgan fingerprint density at radius 3 is 2.60 bits per heavy atom. The number of carbonyl (C=O) groups is 1. The molecule has 0 radical (unpaired) electrons. The highest BCUT2D eigenvalue weighted by atomic mass is 32.2. The SMILES string of the molecule is CC(O)C(=O)N1CC[C@H](Oc2ccc(N3C=C(Nc4ccc(N5CCN(C6COC6)CC5)c(C(F)F)c4)C=CS3)cc2C#N)[C@H](F)C1. The molecule has 2 aromatic carbocycles. The molecular weight excluding hydrogens is 633 g/mol. The number of aliphatic hydroxyl groups excluding tert-OH is 1. The zero-order valence-corrected chi connectivity index (χ0v) is 26.7. The second-order valence-corrected chi connectivity index (χ2v) is 12.8. The average Bonchev–Trinajstić information content (AvgIpc) is 3.05. The van der Waals surface area contributed by atoms with Gasteiger partial charge in [-0.2, -0.15) is 5.26 Å². The first-order chi connectivity index (χ1) is 22.7. The first-order valence-electron chi connectivity index (χ1n) is 15.6. The molecule has 3 saturated heterocycles. The summed E-state index contributed by atoms with van der Waals surface area (Å²) in [7, 11) is 0. The van der Waals surface area contributed by atoms with Gasteiger partial charge in [-0.15, -0.1) is 0 Å². The zero-order valence-electron chi connectivity index (χ0n) is 25.9. The number of allylic oxidation sites excluding steroid dienone is 1. The summed E-state index contributed by atoms with van der Waals surface area (Å²) in [5, 5.41) is 24.5. The van der Waals surface area contributed by atoms with E-state index in [-0.39, 0.29) is 36.4 Å². The van der Waals surface area contributed by atoms with Crippen molar-refractivity contribution in [2.24, 2.45) is 0 Å². The van der Waals surface area contributed by atoms with Gasteiger partial charge in [-0.05, 0) is 66.8 Å². The number of hydrogen-bond acceptors (Lipinski definition) is 10. The van der Waals surface area contributed by atoms with Crippen LogP contribution in [0.2, 0.25) is 0 Å². The number of hydrogen-bond donors (Lipinski definition) is 2. The number of benzene rings is 2. The molecule has 0 spiro atoms. The van der Waals surface area contributed by atoms with E-state index in [4.69, 9.17) is 9.47 Å². The van der Waals surface area contributed by atoms with Crippen LogP contribution >= 0.6 is 11.9 Å². The van der Waals surface area contributed by atoms with Crippen molar-refractivity contribution < 1.29 is 32.5 Å². The van der Waals surface area contributed by atoms with Crippen LogP contribution in [0.1, 0.15) is 30.9 Å². The van der Waals surface area contributed by atoms with E-state index in [2.05, 4.69) is 16.3 Å². The van der Waals surface area contributed by atoms with Crippen molar-refractivity contribution in [3.8, 4) is 11.8 Å². The van der Waals surface area contributed by atoms with Crippen LogP contribution < -0.4 is 19.3 Å². The lowest BCUT2D eigenvalue weighted by atomic mass is 10.0. The minimum Gasteiger partial charge on any atom is -0.486 e. The maximum absolute atomic E-state index is 14.9. The fourth-order valence-electron chi connectivity index (χ4n) is 6.09. The number of anilines is 3. The van der Waals surface area contributed by atoms with E-state index >= 15 is 0 Å². The molecule has 10 nitrogen and oxygen atoms in total. The number of likely N-dealkylation sites (tertiary alicyclic amines) is 1. The van der Waals surface area contributed by atoms with E-state index in [1.165, 1.54) is 29.8 Å². The highest BCUT2D eigenvalue weighted by Gasteiger charge is 2.35. The van der Waals surface area contributed by atoms with Gasteiger partial charge in [0.1, 0.15) is 24.0 Å². The number of amides is 1. The fourth-order valence-corrected chi connectivity index (χ4v) is 6.84. The predicted molar refractivity (Wildman–Crippen MR) is 174 cm³/mol. The first-order valence-corrected chi connectivity index (χ1v) is 16.5. The van der Waals surface area contributed by atoms with Gasteiger partial charge in [-0.25, -0.2) is 13.2 Å². The second-order valence-electron chi connectivity index (χ2n) is 11.9. The number of piperazine rings is 1. The fraction of sp³-hybridized carbons (Fsp3) is 0.455. The van der Waals surface area contributed by atoms with Crippen molar-refractivity contribution in [3.63, 3.8) is 0 Å². The van der Waals surface area contributed by atoms with Crippen molar-refractivity contribution >= 4 is 34.9 Å². The Morgan fingerprint density at radius 1 is 1.15 bits per heavy atom. The molecule has 14 heteroatoms. The molecule has 3 atom stereocenters. The summed E-state index contributed by atoms with van der Waals surface area (Å²) in [6.45, 7) is 5.84. The van der Waals surface area contributed by atoms with Crippen LogP contribution in [0.15, 0.2) is 59.8 Å². The lowest BCUT2D eigenvalue weighted by Gasteiger charge is -2.43. The number of nitriles is 1. The molecular formula is C33H37F3N6O4S. The van der Waals surface area contributed by atoms with Crippen molar-refractivity contribution in [1.29, 1.82) is 5.26 Å². The highest BCUT2D eigenvalue weighted by molar-refractivity contribution is 8.03. The summed E-state index contributed by atoms with van der Waals surface area (Å²) in [6.07, 6.45) is -2.31. The maximum atomic E-state index is 14.9. The molecule has 3 fully saturated rings. The summed E-state index contributed by atoms with van der Waals surface area (Å²) in [5.74, 6) is -0.295. The molecule has 2 N–H and O–H groups in total. The lowest BCUT2D eigenvalue weighted by Crippen LogP contribution is -2.56. The number of halogens is 3. The van der Waals surface area contributed by atoms with Crippen LogP contribution in [-0.4, -0.2) is 97.7 Å². The number of rotatable bonds is 9.